The number of aromatic nitrogens is 1. The highest BCUT2D eigenvalue weighted by molar-refractivity contribution is 7.14. The van der Waals surface area contributed by atoms with Crippen LogP contribution in [-0.4, -0.2) is 30.5 Å². The van der Waals surface area contributed by atoms with Crippen LogP contribution in [0, 0.1) is 0 Å². The molecule has 0 bridgehead atoms. The lowest BCUT2D eigenvalue weighted by molar-refractivity contribution is -0.119. The summed E-state index contributed by atoms with van der Waals surface area (Å²) in [6, 6.07) is 9.68. The van der Waals surface area contributed by atoms with E-state index in [4.69, 9.17) is 14.9 Å². The SMILES string of the molecule is COc1ccccc1CCN=C(N)Nc1nc(-c2cc(CNC(C)=O)co2)cs1. The highest BCUT2D eigenvalue weighted by atomic mass is 32.1. The number of guanidine groups is 1. The predicted molar refractivity (Wildman–Crippen MR) is 114 cm³/mol. The molecule has 9 heteroatoms. The second-order valence-electron chi connectivity index (χ2n) is 6.22. The third-order valence-electron chi connectivity index (χ3n) is 4.04. The van der Waals surface area contributed by atoms with Gasteiger partial charge in [-0.05, 0) is 24.1 Å². The van der Waals surface area contributed by atoms with Crippen LogP contribution in [0.4, 0.5) is 5.13 Å². The molecule has 29 heavy (non-hydrogen) atoms. The molecule has 0 spiro atoms. The quantitative estimate of drug-likeness (QED) is 0.386. The van der Waals surface area contributed by atoms with Crippen LogP contribution in [0.3, 0.4) is 0 Å². The molecule has 3 rings (SSSR count). The molecule has 3 aromatic rings. The maximum Gasteiger partial charge on any atom is 0.217 e. The van der Waals surface area contributed by atoms with Crippen molar-refractivity contribution in [3.8, 4) is 17.2 Å². The average molecular weight is 414 g/mol. The molecule has 1 aromatic carbocycles. The number of amides is 1. The smallest absolute Gasteiger partial charge is 0.217 e. The molecule has 0 aliphatic carbocycles. The molecule has 0 aliphatic rings. The van der Waals surface area contributed by atoms with E-state index in [1.54, 1.807) is 13.4 Å². The predicted octanol–water partition coefficient (Wildman–Crippen LogP) is 3.02. The summed E-state index contributed by atoms with van der Waals surface area (Å²) >= 11 is 1.40. The molecule has 0 radical (unpaired) electrons. The second kappa shape index (κ2) is 9.74. The van der Waals surface area contributed by atoms with E-state index in [2.05, 4.69) is 20.6 Å². The molecular weight excluding hydrogens is 390 g/mol. The number of hydrogen-bond acceptors (Lipinski definition) is 6. The van der Waals surface area contributed by atoms with Gasteiger partial charge in [0.05, 0.1) is 13.4 Å². The van der Waals surface area contributed by atoms with Gasteiger partial charge in [0.15, 0.2) is 16.9 Å². The van der Waals surface area contributed by atoms with Gasteiger partial charge in [-0.25, -0.2) is 4.98 Å². The largest absolute Gasteiger partial charge is 0.496 e. The lowest BCUT2D eigenvalue weighted by Crippen LogP contribution is -2.23. The van der Waals surface area contributed by atoms with E-state index < -0.39 is 0 Å². The molecular formula is C20H23N5O3S. The fourth-order valence-electron chi connectivity index (χ4n) is 2.63. The van der Waals surface area contributed by atoms with E-state index >= 15 is 0 Å². The molecule has 0 fully saturated rings. The van der Waals surface area contributed by atoms with E-state index in [-0.39, 0.29) is 5.91 Å². The maximum atomic E-state index is 11.0. The number of nitrogens with one attached hydrogen (secondary N) is 2. The van der Waals surface area contributed by atoms with Gasteiger partial charge in [-0.1, -0.05) is 18.2 Å². The monoisotopic (exact) mass is 413 g/mol. The van der Waals surface area contributed by atoms with E-state index in [0.717, 1.165) is 23.3 Å². The van der Waals surface area contributed by atoms with Crippen LogP contribution in [0.1, 0.15) is 18.1 Å². The topological polar surface area (TPSA) is 115 Å². The first-order valence-corrected chi connectivity index (χ1v) is 9.89. The van der Waals surface area contributed by atoms with Gasteiger partial charge in [0.2, 0.25) is 5.91 Å². The molecule has 2 aromatic heterocycles. The zero-order valence-corrected chi connectivity index (χ0v) is 17.1. The van der Waals surface area contributed by atoms with Crippen molar-refractivity contribution in [2.24, 2.45) is 10.7 Å². The van der Waals surface area contributed by atoms with Crippen LogP contribution in [0.2, 0.25) is 0 Å². The number of ether oxygens (including phenoxy) is 1. The first-order valence-electron chi connectivity index (χ1n) is 9.01. The van der Waals surface area contributed by atoms with Gasteiger partial charge in [0.1, 0.15) is 11.4 Å². The Morgan fingerprint density at radius 3 is 3.00 bits per heavy atom. The van der Waals surface area contributed by atoms with Gasteiger partial charge >= 0.3 is 0 Å². The van der Waals surface area contributed by atoms with Gasteiger partial charge in [-0.3, -0.25) is 9.79 Å². The molecule has 1 amide bonds. The Balaban J connectivity index is 1.55. The van der Waals surface area contributed by atoms with E-state index in [9.17, 15) is 4.79 Å². The molecule has 0 atom stereocenters. The Hall–Kier alpha value is -3.33. The van der Waals surface area contributed by atoms with Gasteiger partial charge < -0.3 is 25.5 Å². The number of rotatable bonds is 8. The fraction of sp³-hybridized carbons (Fsp3) is 0.250. The summed E-state index contributed by atoms with van der Waals surface area (Å²) in [5, 5.41) is 8.22. The minimum atomic E-state index is -0.0895. The van der Waals surface area contributed by atoms with Gasteiger partial charge in [0, 0.05) is 31.0 Å². The molecule has 0 saturated carbocycles. The number of nitrogens with two attached hydrogens (primary N) is 1. The van der Waals surface area contributed by atoms with Crippen molar-refractivity contribution in [3.63, 3.8) is 0 Å². The van der Waals surface area contributed by atoms with Gasteiger partial charge in [0.25, 0.3) is 0 Å². The Morgan fingerprint density at radius 1 is 1.38 bits per heavy atom. The summed E-state index contributed by atoms with van der Waals surface area (Å²) in [5.41, 5.74) is 8.61. The van der Waals surface area contributed by atoms with E-state index in [1.165, 1.54) is 18.3 Å². The van der Waals surface area contributed by atoms with E-state index in [0.29, 0.717) is 35.6 Å². The summed E-state index contributed by atoms with van der Waals surface area (Å²) < 4.78 is 10.9. The third kappa shape index (κ3) is 5.82. The van der Waals surface area contributed by atoms with Crippen LogP contribution < -0.4 is 21.1 Å². The molecule has 8 nitrogen and oxygen atoms in total. The Bertz CT molecular complexity index is 995. The summed E-state index contributed by atoms with van der Waals surface area (Å²) in [4.78, 5) is 19.8. The Labute approximate surface area is 172 Å². The highest BCUT2D eigenvalue weighted by Gasteiger charge is 2.10. The number of furan rings is 1. The average Bonchev–Trinajstić information content (AvgIpc) is 3.36. The number of aliphatic imine (C=N–C) groups is 1. The van der Waals surface area contributed by atoms with Crippen LogP contribution in [-0.2, 0) is 17.8 Å². The summed E-state index contributed by atoms with van der Waals surface area (Å²) in [6.45, 7) is 2.42. The molecule has 0 unspecified atom stereocenters. The minimum absolute atomic E-state index is 0.0895. The van der Waals surface area contributed by atoms with Crippen molar-refractivity contribution in [3.05, 3.63) is 53.1 Å². The van der Waals surface area contributed by atoms with Crippen molar-refractivity contribution in [1.82, 2.24) is 10.3 Å². The second-order valence-corrected chi connectivity index (χ2v) is 7.08. The molecule has 0 saturated heterocycles. The van der Waals surface area contributed by atoms with Crippen LogP contribution in [0.25, 0.3) is 11.5 Å². The van der Waals surface area contributed by atoms with Gasteiger partial charge in [-0.2, -0.15) is 0 Å². The minimum Gasteiger partial charge on any atom is -0.496 e. The first kappa shape index (κ1) is 20.4. The number of hydrogen-bond donors (Lipinski definition) is 3. The summed E-state index contributed by atoms with van der Waals surface area (Å²) in [5.74, 6) is 1.68. The molecule has 152 valence electrons. The number of benzene rings is 1. The Morgan fingerprint density at radius 2 is 2.21 bits per heavy atom. The first-order chi connectivity index (χ1) is 14.0. The van der Waals surface area contributed by atoms with Crippen LogP contribution in [0.15, 0.2) is 51.4 Å². The highest BCUT2D eigenvalue weighted by Crippen LogP contribution is 2.26. The fourth-order valence-corrected chi connectivity index (χ4v) is 3.34. The van der Waals surface area contributed by atoms with Crippen molar-refractivity contribution in [2.45, 2.75) is 19.9 Å². The maximum absolute atomic E-state index is 11.0. The van der Waals surface area contributed by atoms with Crippen molar-refractivity contribution < 1.29 is 13.9 Å². The standard InChI is InChI=1S/C20H23N5O3S/c1-13(26)23-10-14-9-18(28-11-14)16-12-29-20(24-16)25-19(21)22-8-7-15-5-3-4-6-17(15)27-2/h3-6,9,11-12H,7-8,10H2,1-2H3,(H,23,26)(H3,21,22,24,25). The number of thiazole rings is 1. The lowest BCUT2D eigenvalue weighted by Gasteiger charge is -2.06. The molecule has 2 heterocycles. The van der Waals surface area contributed by atoms with Crippen LogP contribution >= 0.6 is 11.3 Å². The third-order valence-corrected chi connectivity index (χ3v) is 4.80. The normalized spacial score (nSPS) is 11.3. The zero-order chi connectivity index (χ0) is 20.6. The lowest BCUT2D eigenvalue weighted by atomic mass is 10.1. The summed E-state index contributed by atoms with van der Waals surface area (Å²) in [7, 11) is 1.65. The van der Waals surface area contributed by atoms with Crippen molar-refractivity contribution in [2.75, 3.05) is 19.0 Å². The molecule has 0 aliphatic heterocycles. The van der Waals surface area contributed by atoms with Crippen molar-refractivity contribution >= 4 is 28.3 Å². The number of methoxy groups -OCH3 is 1. The summed E-state index contributed by atoms with van der Waals surface area (Å²) in [6.07, 6.45) is 2.32. The zero-order valence-electron chi connectivity index (χ0n) is 16.3. The van der Waals surface area contributed by atoms with E-state index in [1.807, 2.05) is 35.7 Å². The number of carbonyl (C=O) groups excluding carboxylic acids is 1. The molecule has 4 N–H and O–H groups in total. The van der Waals surface area contributed by atoms with Crippen LogP contribution in [0.5, 0.6) is 5.75 Å². The number of para-hydroxylation sites is 1. The van der Waals surface area contributed by atoms with Gasteiger partial charge in [-0.15, -0.1) is 11.3 Å². The Kier molecular flexibility index (Phi) is 6.85. The number of carbonyl (C=O) groups is 1. The number of anilines is 1. The number of nitrogens with zero attached hydrogens (tertiary/aromatic N) is 2. The van der Waals surface area contributed by atoms with Crippen molar-refractivity contribution in [1.29, 1.82) is 0 Å².